The van der Waals surface area contributed by atoms with Gasteiger partial charge in [0.15, 0.2) is 0 Å². The Balaban J connectivity index is 2.82. The predicted octanol–water partition coefficient (Wildman–Crippen LogP) is 3.54. The molecule has 1 aromatic carbocycles. The van der Waals surface area contributed by atoms with E-state index in [2.05, 4.69) is 27.9 Å². The van der Waals surface area contributed by atoms with Gasteiger partial charge in [-0.1, -0.05) is 25.4 Å². The van der Waals surface area contributed by atoms with Gasteiger partial charge in [-0.25, -0.2) is 0 Å². The third-order valence-electron chi connectivity index (χ3n) is 1.71. The van der Waals surface area contributed by atoms with Gasteiger partial charge in [-0.15, -0.1) is 0 Å². The summed E-state index contributed by atoms with van der Waals surface area (Å²) in [5.74, 6) is 0.00622. The number of carbonyl (C=O) groups is 1. The first-order chi connectivity index (χ1) is 6.50. The SMILES string of the molecule is CC(C)C(=O)Nc1ccc(Cl)cc1I. The van der Waals surface area contributed by atoms with Crippen LogP contribution in [0.2, 0.25) is 5.02 Å². The van der Waals surface area contributed by atoms with Gasteiger partial charge >= 0.3 is 0 Å². The van der Waals surface area contributed by atoms with E-state index >= 15 is 0 Å². The second-order valence-electron chi connectivity index (χ2n) is 3.27. The lowest BCUT2D eigenvalue weighted by Gasteiger charge is -2.09. The summed E-state index contributed by atoms with van der Waals surface area (Å²) >= 11 is 7.94. The fraction of sp³-hybridized carbons (Fsp3) is 0.300. The molecule has 0 unspecified atom stereocenters. The summed E-state index contributed by atoms with van der Waals surface area (Å²) in [4.78, 5) is 11.4. The lowest BCUT2D eigenvalue weighted by atomic mass is 10.2. The number of carbonyl (C=O) groups excluding carboxylic acids is 1. The molecule has 0 heterocycles. The maximum absolute atomic E-state index is 11.4. The molecule has 0 aliphatic rings. The summed E-state index contributed by atoms with van der Waals surface area (Å²) in [5, 5.41) is 3.51. The second kappa shape index (κ2) is 4.98. The molecule has 0 aromatic heterocycles. The highest BCUT2D eigenvalue weighted by Crippen LogP contribution is 2.22. The van der Waals surface area contributed by atoms with Gasteiger partial charge in [0.1, 0.15) is 0 Å². The number of anilines is 1. The highest BCUT2D eigenvalue weighted by atomic mass is 127. The highest BCUT2D eigenvalue weighted by molar-refractivity contribution is 14.1. The van der Waals surface area contributed by atoms with Gasteiger partial charge in [0, 0.05) is 14.5 Å². The molecule has 14 heavy (non-hydrogen) atoms. The summed E-state index contributed by atoms with van der Waals surface area (Å²) in [6.45, 7) is 3.72. The van der Waals surface area contributed by atoms with E-state index in [-0.39, 0.29) is 11.8 Å². The Morgan fingerprint density at radius 2 is 2.14 bits per heavy atom. The van der Waals surface area contributed by atoms with Crippen molar-refractivity contribution in [1.29, 1.82) is 0 Å². The third-order valence-corrected chi connectivity index (χ3v) is 2.84. The molecule has 0 saturated heterocycles. The molecule has 2 nitrogen and oxygen atoms in total. The molecule has 0 aliphatic carbocycles. The van der Waals surface area contributed by atoms with Crippen LogP contribution in [-0.4, -0.2) is 5.91 Å². The first-order valence-electron chi connectivity index (χ1n) is 4.26. The largest absolute Gasteiger partial charge is 0.325 e. The Bertz CT molecular complexity index is 352. The summed E-state index contributed by atoms with van der Waals surface area (Å²) in [6, 6.07) is 5.39. The number of halogens is 2. The molecule has 76 valence electrons. The molecule has 0 fully saturated rings. The van der Waals surface area contributed by atoms with Crippen LogP contribution in [0.5, 0.6) is 0 Å². The zero-order valence-electron chi connectivity index (χ0n) is 7.97. The van der Waals surface area contributed by atoms with Crippen molar-refractivity contribution in [2.24, 2.45) is 5.92 Å². The van der Waals surface area contributed by atoms with Crippen LogP contribution in [0, 0.1) is 9.49 Å². The van der Waals surface area contributed by atoms with Gasteiger partial charge in [0.05, 0.1) is 5.69 Å². The molecule has 4 heteroatoms. The second-order valence-corrected chi connectivity index (χ2v) is 4.87. The summed E-state index contributed by atoms with van der Waals surface area (Å²) < 4.78 is 0.948. The third kappa shape index (κ3) is 3.13. The minimum Gasteiger partial charge on any atom is -0.325 e. The zero-order chi connectivity index (χ0) is 10.7. The van der Waals surface area contributed by atoms with Gasteiger partial charge < -0.3 is 5.32 Å². The molecule has 0 saturated carbocycles. The highest BCUT2D eigenvalue weighted by Gasteiger charge is 2.08. The topological polar surface area (TPSA) is 29.1 Å². The van der Waals surface area contributed by atoms with Crippen molar-refractivity contribution in [2.45, 2.75) is 13.8 Å². The van der Waals surface area contributed by atoms with Crippen molar-refractivity contribution in [2.75, 3.05) is 5.32 Å². The average Bonchev–Trinajstić information content (AvgIpc) is 2.09. The van der Waals surface area contributed by atoms with Crippen LogP contribution in [-0.2, 0) is 4.79 Å². The normalized spacial score (nSPS) is 10.4. The summed E-state index contributed by atoms with van der Waals surface area (Å²) in [5.41, 5.74) is 0.814. The first kappa shape index (κ1) is 11.8. The number of hydrogen-bond acceptors (Lipinski definition) is 1. The first-order valence-corrected chi connectivity index (χ1v) is 5.72. The molecule has 0 aliphatic heterocycles. The minimum absolute atomic E-state index is 0.0125. The summed E-state index contributed by atoms with van der Waals surface area (Å²) in [7, 11) is 0. The molecule has 1 rings (SSSR count). The van der Waals surface area contributed by atoms with Gasteiger partial charge in [-0.05, 0) is 40.8 Å². The van der Waals surface area contributed by atoms with E-state index in [1.165, 1.54) is 0 Å². The number of hydrogen-bond donors (Lipinski definition) is 1. The van der Waals surface area contributed by atoms with Crippen LogP contribution in [0.25, 0.3) is 0 Å². The average molecular weight is 324 g/mol. The Labute approximate surface area is 102 Å². The van der Waals surface area contributed by atoms with Gasteiger partial charge in [-0.3, -0.25) is 4.79 Å². The fourth-order valence-electron chi connectivity index (χ4n) is 0.868. The Morgan fingerprint density at radius 3 is 2.64 bits per heavy atom. The van der Waals surface area contributed by atoms with Crippen LogP contribution < -0.4 is 5.32 Å². The Morgan fingerprint density at radius 1 is 1.50 bits per heavy atom. The van der Waals surface area contributed by atoms with Crippen LogP contribution in [0.4, 0.5) is 5.69 Å². The van der Waals surface area contributed by atoms with Crippen LogP contribution in [0.1, 0.15) is 13.8 Å². The monoisotopic (exact) mass is 323 g/mol. The molecular formula is C10H11ClINO. The maximum Gasteiger partial charge on any atom is 0.226 e. The van der Waals surface area contributed by atoms with Gasteiger partial charge in [0.2, 0.25) is 5.91 Å². The van der Waals surface area contributed by atoms with Gasteiger partial charge in [-0.2, -0.15) is 0 Å². The van der Waals surface area contributed by atoms with Crippen molar-refractivity contribution in [3.8, 4) is 0 Å². The smallest absolute Gasteiger partial charge is 0.226 e. The molecule has 0 spiro atoms. The van der Waals surface area contributed by atoms with E-state index in [1.54, 1.807) is 6.07 Å². The zero-order valence-corrected chi connectivity index (χ0v) is 10.9. The van der Waals surface area contributed by atoms with Crippen molar-refractivity contribution in [3.63, 3.8) is 0 Å². The lowest BCUT2D eigenvalue weighted by molar-refractivity contribution is -0.118. The number of rotatable bonds is 2. The van der Waals surface area contributed by atoms with Crippen molar-refractivity contribution in [3.05, 3.63) is 26.8 Å². The van der Waals surface area contributed by atoms with E-state index in [0.717, 1.165) is 9.26 Å². The molecule has 1 amide bonds. The Hall–Kier alpha value is -0.290. The lowest BCUT2D eigenvalue weighted by Crippen LogP contribution is -2.18. The standard InChI is InChI=1S/C10H11ClINO/c1-6(2)10(14)13-9-4-3-7(11)5-8(9)12/h3-6H,1-2H3,(H,13,14). The summed E-state index contributed by atoms with van der Waals surface area (Å²) in [6.07, 6.45) is 0. The molecular weight excluding hydrogens is 312 g/mol. The van der Waals surface area contributed by atoms with E-state index in [4.69, 9.17) is 11.6 Å². The van der Waals surface area contributed by atoms with Crippen molar-refractivity contribution < 1.29 is 4.79 Å². The molecule has 0 radical (unpaired) electrons. The molecule has 1 N–H and O–H groups in total. The molecule has 1 aromatic rings. The number of amides is 1. The molecule has 0 bridgehead atoms. The van der Waals surface area contributed by atoms with Crippen LogP contribution in [0.15, 0.2) is 18.2 Å². The molecule has 0 atom stereocenters. The van der Waals surface area contributed by atoms with E-state index in [0.29, 0.717) is 5.02 Å². The fourth-order valence-corrected chi connectivity index (χ4v) is 1.87. The van der Waals surface area contributed by atoms with E-state index in [1.807, 2.05) is 26.0 Å². The number of benzene rings is 1. The predicted molar refractivity (Wildman–Crippen MR) is 67.6 cm³/mol. The van der Waals surface area contributed by atoms with E-state index in [9.17, 15) is 4.79 Å². The van der Waals surface area contributed by atoms with E-state index < -0.39 is 0 Å². The number of nitrogens with one attached hydrogen (secondary N) is 1. The van der Waals surface area contributed by atoms with Gasteiger partial charge in [0.25, 0.3) is 0 Å². The van der Waals surface area contributed by atoms with Crippen molar-refractivity contribution >= 4 is 45.8 Å². The van der Waals surface area contributed by atoms with Crippen LogP contribution in [0.3, 0.4) is 0 Å². The quantitative estimate of drug-likeness (QED) is 0.829. The minimum atomic E-state index is -0.0125. The van der Waals surface area contributed by atoms with Crippen molar-refractivity contribution in [1.82, 2.24) is 0 Å². The maximum atomic E-state index is 11.4. The Kier molecular flexibility index (Phi) is 4.19. The van der Waals surface area contributed by atoms with Crippen LogP contribution >= 0.6 is 34.2 Å².